The summed E-state index contributed by atoms with van der Waals surface area (Å²) in [5.41, 5.74) is 0.820. The summed E-state index contributed by atoms with van der Waals surface area (Å²) in [4.78, 5) is 57.5. The van der Waals surface area contributed by atoms with Crippen molar-refractivity contribution >= 4 is 46.0 Å². The van der Waals surface area contributed by atoms with Crippen LogP contribution in [0.15, 0.2) is 18.2 Å². The van der Waals surface area contributed by atoms with Crippen LogP contribution >= 0.6 is 11.6 Å². The van der Waals surface area contributed by atoms with Gasteiger partial charge in [0.1, 0.15) is 24.1 Å². The van der Waals surface area contributed by atoms with Crippen molar-refractivity contribution in [3.63, 3.8) is 0 Å². The number of likely N-dealkylation sites (tertiary alicyclic amines) is 1. The maximum atomic E-state index is 13.8. The highest BCUT2D eigenvalue weighted by molar-refractivity contribution is 6.31. The summed E-state index contributed by atoms with van der Waals surface area (Å²) >= 11 is 6.20. The number of carbonyl (C=O) groups is 4. The third-order valence-corrected chi connectivity index (χ3v) is 9.38. The van der Waals surface area contributed by atoms with E-state index in [9.17, 15) is 24.3 Å². The summed E-state index contributed by atoms with van der Waals surface area (Å²) in [6.07, 6.45) is 5.33. The second-order valence-corrected chi connectivity index (χ2v) is 12.0. The second-order valence-electron chi connectivity index (χ2n) is 11.6. The first-order chi connectivity index (χ1) is 18.7. The number of aromatic amines is 1. The van der Waals surface area contributed by atoms with Crippen molar-refractivity contribution in [2.75, 3.05) is 20.3 Å². The van der Waals surface area contributed by atoms with E-state index in [1.807, 2.05) is 0 Å². The average Bonchev–Trinajstić information content (AvgIpc) is 3.28. The van der Waals surface area contributed by atoms with E-state index in [1.165, 1.54) is 7.11 Å². The minimum atomic E-state index is -0.996. The van der Waals surface area contributed by atoms with Gasteiger partial charge >= 0.3 is 0 Å². The first kappa shape index (κ1) is 26.1. The number of methoxy groups -OCH3 is 1. The van der Waals surface area contributed by atoms with E-state index in [2.05, 4.69) is 15.6 Å². The molecule has 0 bridgehead atoms. The zero-order valence-electron chi connectivity index (χ0n) is 21.8. The number of aromatic nitrogens is 1. The number of nitrogens with zero attached hydrogens (tertiary/aromatic N) is 1. The molecule has 11 heteroatoms. The summed E-state index contributed by atoms with van der Waals surface area (Å²) in [6, 6.07) is 3.36. The Kier molecular flexibility index (Phi) is 6.58. The van der Waals surface area contributed by atoms with Crippen molar-refractivity contribution in [1.29, 1.82) is 0 Å². The summed E-state index contributed by atoms with van der Waals surface area (Å²) in [6.45, 7) is -0.287. The van der Waals surface area contributed by atoms with Crippen molar-refractivity contribution in [3.05, 3.63) is 28.9 Å². The van der Waals surface area contributed by atoms with Crippen molar-refractivity contribution < 1.29 is 29.0 Å². The Hall–Kier alpha value is -3.11. The first-order valence-corrected chi connectivity index (χ1v) is 14.0. The minimum Gasteiger partial charge on any atom is -0.496 e. The number of Topliss-reactive ketones (excluding diaryl/α,β-unsaturated/α-hetero) is 1. The fourth-order valence-corrected chi connectivity index (χ4v) is 7.24. The van der Waals surface area contributed by atoms with Gasteiger partial charge in [-0.2, -0.15) is 0 Å². The lowest BCUT2D eigenvalue weighted by Gasteiger charge is -2.29. The van der Waals surface area contributed by atoms with Crippen LogP contribution in [-0.2, 0) is 14.4 Å². The highest BCUT2D eigenvalue weighted by atomic mass is 35.5. The molecule has 5 atom stereocenters. The second kappa shape index (κ2) is 9.82. The number of aliphatic hydroxyl groups is 1. The molecule has 10 nitrogen and oxygen atoms in total. The lowest BCUT2D eigenvalue weighted by molar-refractivity contribution is -0.133. The molecule has 0 radical (unpaired) electrons. The van der Waals surface area contributed by atoms with Gasteiger partial charge in [-0.1, -0.05) is 18.0 Å². The third kappa shape index (κ3) is 4.67. The lowest BCUT2D eigenvalue weighted by atomic mass is 9.91. The molecule has 4 aliphatic rings. The first-order valence-electron chi connectivity index (χ1n) is 13.6. The molecule has 2 aromatic rings. The Morgan fingerprint density at radius 1 is 1.26 bits per heavy atom. The number of ether oxygens (including phenoxy) is 1. The van der Waals surface area contributed by atoms with Gasteiger partial charge in [0, 0.05) is 28.4 Å². The number of carbonyl (C=O) groups excluding carboxylic acids is 4. The number of amides is 3. The molecule has 3 heterocycles. The van der Waals surface area contributed by atoms with Crippen molar-refractivity contribution in [2.24, 2.45) is 17.8 Å². The van der Waals surface area contributed by atoms with Crippen molar-refractivity contribution in [2.45, 2.75) is 62.6 Å². The fraction of sp³-hybridized carbons (Fsp3) is 0.571. The van der Waals surface area contributed by atoms with E-state index in [0.29, 0.717) is 40.3 Å². The normalized spacial score (nSPS) is 27.5. The number of fused-ring (bicyclic) bond motifs is 2. The minimum absolute atomic E-state index is 0.0169. The Balaban J connectivity index is 1.24. The van der Waals surface area contributed by atoms with Gasteiger partial charge in [0.15, 0.2) is 5.78 Å². The van der Waals surface area contributed by atoms with E-state index in [-0.39, 0.29) is 35.6 Å². The molecule has 2 saturated heterocycles. The topological polar surface area (TPSA) is 141 Å². The summed E-state index contributed by atoms with van der Waals surface area (Å²) in [7, 11) is 1.53. The van der Waals surface area contributed by atoms with Crippen LogP contribution in [0.2, 0.25) is 5.02 Å². The highest BCUT2D eigenvalue weighted by Gasteiger charge is 2.53. The molecule has 1 unspecified atom stereocenters. The zero-order chi connectivity index (χ0) is 27.5. The molecule has 3 amide bonds. The van der Waals surface area contributed by atoms with Crippen molar-refractivity contribution in [1.82, 2.24) is 20.5 Å². The Bertz CT molecular complexity index is 1350. The van der Waals surface area contributed by atoms with Gasteiger partial charge in [0.2, 0.25) is 11.8 Å². The van der Waals surface area contributed by atoms with Gasteiger partial charge < -0.3 is 30.4 Å². The Morgan fingerprint density at radius 3 is 2.74 bits per heavy atom. The van der Waals surface area contributed by atoms with Crippen LogP contribution in [0.25, 0.3) is 10.9 Å². The predicted octanol–water partition coefficient (Wildman–Crippen LogP) is 2.18. The summed E-state index contributed by atoms with van der Waals surface area (Å²) in [5, 5.41) is 16.7. The largest absolute Gasteiger partial charge is 0.496 e. The average molecular weight is 557 g/mol. The summed E-state index contributed by atoms with van der Waals surface area (Å²) < 4.78 is 5.43. The Labute approximate surface area is 230 Å². The predicted molar refractivity (Wildman–Crippen MR) is 142 cm³/mol. The number of ketones is 1. The SMILES string of the molecule is COc1cc(Cl)cc2[nH]c(C(=O)N3C[C@@H]4CCC[C@@H]4[C@H]3C(=O)NC(C[C@@H]3CC4(CC4)NC3=O)C(=O)CO)cc12. The molecular formula is C28H33ClN4O6. The van der Waals surface area contributed by atoms with Gasteiger partial charge in [-0.05, 0) is 68.6 Å². The highest BCUT2D eigenvalue weighted by Crippen LogP contribution is 2.46. The molecule has 4 N–H and O–H groups in total. The smallest absolute Gasteiger partial charge is 0.271 e. The Morgan fingerprint density at radius 2 is 2.05 bits per heavy atom. The molecule has 2 aliphatic heterocycles. The molecule has 6 rings (SSSR count). The van der Waals surface area contributed by atoms with Crippen LogP contribution in [0.1, 0.15) is 55.4 Å². The van der Waals surface area contributed by atoms with Gasteiger partial charge in [-0.15, -0.1) is 0 Å². The van der Waals surface area contributed by atoms with Crippen LogP contribution in [0.5, 0.6) is 5.75 Å². The van der Waals surface area contributed by atoms with Crippen LogP contribution in [0.4, 0.5) is 0 Å². The monoisotopic (exact) mass is 556 g/mol. The van der Waals surface area contributed by atoms with Gasteiger partial charge in [0.25, 0.3) is 5.91 Å². The number of nitrogens with one attached hydrogen (secondary N) is 3. The maximum absolute atomic E-state index is 13.8. The standard InChI is InChI=1S/C28H33ClN4O6/c1-39-23-9-16(29)8-19-18(23)10-21(30-19)27(38)33-12-14-3-2-4-17(14)24(33)26(37)31-20(22(35)13-34)7-15-11-28(5-6-28)32-25(15)36/h8-10,14-15,17,20,24,30,34H,2-7,11-13H2,1H3,(H,31,37)(H,32,36)/t14-,15+,17-,20?,24-/m0/s1. The molecular weight excluding hydrogens is 524 g/mol. The van der Waals surface area contributed by atoms with Gasteiger partial charge in [-0.25, -0.2) is 0 Å². The van der Waals surface area contributed by atoms with Gasteiger partial charge in [-0.3, -0.25) is 19.2 Å². The molecule has 208 valence electrons. The number of aliphatic hydroxyl groups excluding tert-OH is 1. The number of benzene rings is 1. The van der Waals surface area contributed by atoms with Crippen LogP contribution in [0, 0.1) is 17.8 Å². The van der Waals surface area contributed by atoms with Crippen molar-refractivity contribution in [3.8, 4) is 5.75 Å². The number of rotatable bonds is 8. The van der Waals surface area contributed by atoms with E-state index < -0.39 is 36.3 Å². The number of halogens is 1. The molecule has 1 aromatic heterocycles. The maximum Gasteiger partial charge on any atom is 0.271 e. The molecule has 1 spiro atoms. The summed E-state index contributed by atoms with van der Waals surface area (Å²) in [5.74, 6) is -1.06. The molecule has 1 aromatic carbocycles. The van der Waals surface area contributed by atoms with E-state index in [1.54, 1.807) is 23.1 Å². The molecule has 4 fully saturated rings. The zero-order valence-corrected chi connectivity index (χ0v) is 22.6. The quantitative estimate of drug-likeness (QED) is 0.393. The number of H-pyrrole nitrogens is 1. The van der Waals surface area contributed by atoms with E-state index in [4.69, 9.17) is 16.3 Å². The third-order valence-electron chi connectivity index (χ3n) is 9.17. The van der Waals surface area contributed by atoms with E-state index >= 15 is 0 Å². The molecule has 39 heavy (non-hydrogen) atoms. The molecule has 2 aliphatic carbocycles. The molecule has 2 saturated carbocycles. The van der Waals surface area contributed by atoms with Crippen LogP contribution < -0.4 is 15.4 Å². The van der Waals surface area contributed by atoms with Crippen LogP contribution in [-0.4, -0.2) is 76.4 Å². The fourth-order valence-electron chi connectivity index (χ4n) is 7.03. The lowest BCUT2D eigenvalue weighted by Crippen LogP contribution is -2.53. The van der Waals surface area contributed by atoms with E-state index in [0.717, 1.165) is 32.1 Å². The van der Waals surface area contributed by atoms with Crippen LogP contribution in [0.3, 0.4) is 0 Å². The number of hydrogen-bond acceptors (Lipinski definition) is 6. The van der Waals surface area contributed by atoms with Gasteiger partial charge in [0.05, 0.1) is 18.7 Å². The number of hydrogen-bond donors (Lipinski definition) is 4.